The Labute approximate surface area is 114 Å². The van der Waals surface area contributed by atoms with Crippen LogP contribution in [0.3, 0.4) is 0 Å². The second-order valence-electron chi connectivity index (χ2n) is 3.03. The summed E-state index contributed by atoms with van der Waals surface area (Å²) in [7, 11) is 3.62. The van der Waals surface area contributed by atoms with Crippen molar-refractivity contribution in [1.82, 2.24) is 5.32 Å². The van der Waals surface area contributed by atoms with Crippen molar-refractivity contribution in [2.75, 3.05) is 53.7 Å². The number of hydrogen-bond donors (Lipinski definition) is 1. The van der Waals surface area contributed by atoms with Crippen LogP contribution < -0.4 is 5.32 Å². The smallest absolute Gasteiger partial charge is 0.0700 e. The van der Waals surface area contributed by atoms with Gasteiger partial charge in [0.2, 0.25) is 0 Å². The van der Waals surface area contributed by atoms with Crippen LogP contribution in [0.4, 0.5) is 0 Å². The van der Waals surface area contributed by atoms with Gasteiger partial charge in [-0.2, -0.15) is 0 Å². The van der Waals surface area contributed by atoms with Crippen molar-refractivity contribution in [3.05, 3.63) is 0 Å². The normalized spacial score (nSPS) is 9.00. The Balaban J connectivity index is -0.000000506. The zero-order valence-electron chi connectivity index (χ0n) is 13.4. The fourth-order valence-electron chi connectivity index (χ4n) is 0.960. The van der Waals surface area contributed by atoms with E-state index in [9.17, 15) is 0 Å². The predicted molar refractivity (Wildman–Crippen MR) is 79.4 cm³/mol. The van der Waals surface area contributed by atoms with E-state index in [0.29, 0.717) is 13.2 Å². The van der Waals surface area contributed by atoms with Crippen LogP contribution in [-0.2, 0) is 14.2 Å². The molecule has 0 aliphatic heterocycles. The molecule has 1 N–H and O–H groups in total. The first-order valence-corrected chi connectivity index (χ1v) is 7.21. The van der Waals surface area contributed by atoms with Crippen LogP contribution in [0.2, 0.25) is 0 Å². The molecule has 0 bridgehead atoms. The van der Waals surface area contributed by atoms with E-state index >= 15 is 0 Å². The third-order valence-electron chi connectivity index (χ3n) is 1.72. The SMILES string of the molecule is CC.CC.CNCCCOCCCOCCOC. The summed E-state index contributed by atoms with van der Waals surface area (Å²) >= 11 is 0. The van der Waals surface area contributed by atoms with Gasteiger partial charge in [0, 0.05) is 26.9 Å². The van der Waals surface area contributed by atoms with Crippen molar-refractivity contribution >= 4 is 0 Å². The number of ether oxygens (including phenoxy) is 3. The highest BCUT2D eigenvalue weighted by Gasteiger charge is 1.90. The van der Waals surface area contributed by atoms with E-state index in [2.05, 4.69) is 5.32 Å². The van der Waals surface area contributed by atoms with Crippen LogP contribution in [0.5, 0.6) is 0 Å². The van der Waals surface area contributed by atoms with Gasteiger partial charge in [0.05, 0.1) is 13.2 Å². The monoisotopic (exact) mass is 265 g/mol. The third kappa shape index (κ3) is 29.7. The maximum absolute atomic E-state index is 5.39. The van der Waals surface area contributed by atoms with Crippen LogP contribution in [-0.4, -0.2) is 53.7 Å². The summed E-state index contributed by atoms with van der Waals surface area (Å²) in [5.74, 6) is 0. The second-order valence-corrected chi connectivity index (χ2v) is 3.03. The molecule has 4 heteroatoms. The van der Waals surface area contributed by atoms with E-state index in [1.165, 1.54) is 0 Å². The third-order valence-corrected chi connectivity index (χ3v) is 1.72. The van der Waals surface area contributed by atoms with Crippen molar-refractivity contribution in [3.8, 4) is 0 Å². The second kappa shape index (κ2) is 30.1. The van der Waals surface area contributed by atoms with Gasteiger partial charge in [0.25, 0.3) is 0 Å². The predicted octanol–water partition coefficient (Wildman–Crippen LogP) is 2.72. The fourth-order valence-corrected chi connectivity index (χ4v) is 0.960. The van der Waals surface area contributed by atoms with Crippen molar-refractivity contribution < 1.29 is 14.2 Å². The number of methoxy groups -OCH3 is 1. The van der Waals surface area contributed by atoms with Crippen LogP contribution >= 0.6 is 0 Å². The minimum absolute atomic E-state index is 0.670. The molecule has 0 unspecified atom stereocenters. The van der Waals surface area contributed by atoms with Crippen molar-refractivity contribution in [1.29, 1.82) is 0 Å². The molecule has 0 aromatic heterocycles. The minimum Gasteiger partial charge on any atom is -0.382 e. The van der Waals surface area contributed by atoms with Gasteiger partial charge in [-0.25, -0.2) is 0 Å². The van der Waals surface area contributed by atoms with Gasteiger partial charge < -0.3 is 19.5 Å². The van der Waals surface area contributed by atoms with Gasteiger partial charge in [0.15, 0.2) is 0 Å². The highest BCUT2D eigenvalue weighted by atomic mass is 16.5. The van der Waals surface area contributed by atoms with Gasteiger partial charge >= 0.3 is 0 Å². The molecule has 4 nitrogen and oxygen atoms in total. The summed E-state index contributed by atoms with van der Waals surface area (Å²) in [6.45, 7) is 12.7. The molecule has 0 amide bonds. The van der Waals surface area contributed by atoms with E-state index in [1.807, 2.05) is 34.7 Å². The molecule has 0 spiro atoms. The lowest BCUT2D eigenvalue weighted by Gasteiger charge is -2.05. The molecule has 0 heterocycles. The highest BCUT2D eigenvalue weighted by Crippen LogP contribution is 1.87. The van der Waals surface area contributed by atoms with Gasteiger partial charge in [-0.15, -0.1) is 0 Å². The van der Waals surface area contributed by atoms with E-state index in [1.54, 1.807) is 7.11 Å². The molecule has 0 rings (SSSR count). The van der Waals surface area contributed by atoms with E-state index in [-0.39, 0.29) is 0 Å². The molecule has 0 atom stereocenters. The number of nitrogens with one attached hydrogen (secondary N) is 1. The number of rotatable bonds is 11. The largest absolute Gasteiger partial charge is 0.382 e. The average Bonchev–Trinajstić information content (AvgIpc) is 2.45. The standard InChI is InChI=1S/C10H23NO3.2C2H6/c1-11-5-3-6-13-7-4-8-14-10-9-12-2;2*1-2/h11H,3-10H2,1-2H3;2*1-2H3. The molecule has 0 saturated heterocycles. The van der Waals surface area contributed by atoms with Gasteiger partial charge in [-0.3, -0.25) is 0 Å². The molecule has 114 valence electrons. The van der Waals surface area contributed by atoms with Crippen LogP contribution in [0.1, 0.15) is 40.5 Å². The molecule has 0 aliphatic carbocycles. The topological polar surface area (TPSA) is 39.7 Å². The van der Waals surface area contributed by atoms with E-state index in [4.69, 9.17) is 14.2 Å². The Morgan fingerprint density at radius 3 is 1.72 bits per heavy atom. The van der Waals surface area contributed by atoms with Crippen molar-refractivity contribution in [3.63, 3.8) is 0 Å². The molecule has 0 aliphatic rings. The lowest BCUT2D eigenvalue weighted by Crippen LogP contribution is -2.11. The number of hydrogen-bond acceptors (Lipinski definition) is 4. The van der Waals surface area contributed by atoms with Gasteiger partial charge in [0.1, 0.15) is 0 Å². The lowest BCUT2D eigenvalue weighted by molar-refractivity contribution is 0.0511. The molecule has 18 heavy (non-hydrogen) atoms. The van der Waals surface area contributed by atoms with Gasteiger partial charge in [-0.05, 0) is 26.4 Å². The summed E-state index contributed by atoms with van der Waals surface area (Å²) in [5, 5.41) is 3.07. The lowest BCUT2D eigenvalue weighted by atomic mass is 10.4. The maximum Gasteiger partial charge on any atom is 0.0700 e. The fraction of sp³-hybridized carbons (Fsp3) is 1.00. The van der Waals surface area contributed by atoms with E-state index in [0.717, 1.165) is 39.2 Å². The first-order chi connectivity index (χ1) is 8.91. The average molecular weight is 265 g/mol. The van der Waals surface area contributed by atoms with Crippen molar-refractivity contribution in [2.24, 2.45) is 0 Å². The Morgan fingerprint density at radius 2 is 1.22 bits per heavy atom. The quantitative estimate of drug-likeness (QED) is 0.583. The molecule has 0 saturated carbocycles. The Bertz CT molecular complexity index is 91.0. The first-order valence-electron chi connectivity index (χ1n) is 7.21. The summed E-state index contributed by atoms with van der Waals surface area (Å²) in [6, 6.07) is 0. The van der Waals surface area contributed by atoms with Gasteiger partial charge in [-0.1, -0.05) is 27.7 Å². The molecule has 0 radical (unpaired) electrons. The summed E-state index contributed by atoms with van der Waals surface area (Å²) in [4.78, 5) is 0. The zero-order valence-corrected chi connectivity index (χ0v) is 13.4. The molecule has 0 aromatic rings. The Hall–Kier alpha value is -0.160. The summed E-state index contributed by atoms with van der Waals surface area (Å²) in [5.41, 5.74) is 0. The maximum atomic E-state index is 5.39. The van der Waals surface area contributed by atoms with Crippen LogP contribution in [0.25, 0.3) is 0 Å². The minimum atomic E-state index is 0.670. The van der Waals surface area contributed by atoms with E-state index < -0.39 is 0 Å². The van der Waals surface area contributed by atoms with Crippen molar-refractivity contribution in [2.45, 2.75) is 40.5 Å². The van der Waals surface area contributed by atoms with Crippen LogP contribution in [0.15, 0.2) is 0 Å². The molecule has 0 aromatic carbocycles. The summed E-state index contributed by atoms with van der Waals surface area (Å²) in [6.07, 6.45) is 2.03. The molecule has 0 fully saturated rings. The Kier molecular flexibility index (Phi) is 38.5. The van der Waals surface area contributed by atoms with Crippen LogP contribution in [0, 0.1) is 0 Å². The first kappa shape index (κ1) is 23.0. The molecular weight excluding hydrogens is 230 g/mol. The Morgan fingerprint density at radius 1 is 0.722 bits per heavy atom. The summed E-state index contributed by atoms with van der Waals surface area (Å²) < 4.78 is 15.5. The highest BCUT2D eigenvalue weighted by molar-refractivity contribution is 4.40. The zero-order chi connectivity index (χ0) is 14.5. The molecular formula is C14H35NO3.